The van der Waals surface area contributed by atoms with E-state index in [-0.39, 0.29) is 0 Å². The maximum Gasteiger partial charge on any atom is 0.330 e. The van der Waals surface area contributed by atoms with Gasteiger partial charge in [-0.15, -0.1) is 0 Å². The highest BCUT2D eigenvalue weighted by Crippen LogP contribution is 2.57. The quantitative estimate of drug-likeness (QED) is 0.147. The first-order valence-corrected chi connectivity index (χ1v) is 13.7. The molecule has 0 bridgehead atoms. The topological polar surface area (TPSA) is 291 Å². The van der Waals surface area contributed by atoms with E-state index in [1.807, 2.05) is 4.98 Å². The van der Waals surface area contributed by atoms with E-state index in [1.165, 1.54) is 6.92 Å². The molecule has 0 aliphatic carbocycles. The fraction of sp³-hybridized carbons (Fsp3) is 0.706. The molecule has 3 heterocycles. The highest BCUT2D eigenvalue weighted by molar-refractivity contribution is 7.59. The van der Waals surface area contributed by atoms with Crippen molar-refractivity contribution >= 4 is 21.6 Å². The number of nitrogens with one attached hydrogen (secondary N) is 2. The van der Waals surface area contributed by atoms with Crippen molar-refractivity contribution in [2.75, 3.05) is 6.61 Å². The van der Waals surface area contributed by atoms with Crippen molar-refractivity contribution in [3.63, 3.8) is 0 Å². The number of hydrogen-bond donors (Lipinski definition) is 6. The van der Waals surface area contributed by atoms with Gasteiger partial charge in [0, 0.05) is 19.2 Å². The van der Waals surface area contributed by atoms with Crippen LogP contribution in [0.15, 0.2) is 21.9 Å². The van der Waals surface area contributed by atoms with Crippen molar-refractivity contribution in [2.45, 2.75) is 69.0 Å². The summed E-state index contributed by atoms with van der Waals surface area (Å²) in [6, 6.07) is -0.722. The number of aliphatic hydroxyl groups excluding tert-OH is 4. The Labute approximate surface area is 212 Å². The van der Waals surface area contributed by atoms with E-state index < -0.39 is 94.6 Å². The normalized spacial score (nSPS) is 36.8. The van der Waals surface area contributed by atoms with Crippen LogP contribution >= 0.6 is 15.6 Å². The molecule has 2 saturated heterocycles. The number of aromatic nitrogens is 2. The molecule has 0 aromatic carbocycles. The van der Waals surface area contributed by atoms with Gasteiger partial charge in [0.05, 0.1) is 12.7 Å². The molecular weight excluding hydrogens is 564 g/mol. The first kappa shape index (κ1) is 30.7. The molecule has 216 valence electrons. The number of H-pyrrole nitrogens is 1. The van der Waals surface area contributed by atoms with Crippen LogP contribution in [-0.4, -0.2) is 91.4 Å². The predicted octanol–water partition coefficient (Wildman–Crippen LogP) is -4.89. The van der Waals surface area contributed by atoms with Gasteiger partial charge >= 0.3 is 5.69 Å². The van der Waals surface area contributed by atoms with Crippen LogP contribution < -0.4 is 26.4 Å². The van der Waals surface area contributed by atoms with E-state index in [9.17, 15) is 53.7 Å². The standard InChI is InChI=1S/C17H27N3O16P2/c1-6-11(23)13(25)10(18-7(2)21)16(33-6)35-38(30,31)36-37(28,29)32-5-8-12(24)14(26)15(34-8)20-4-3-9(22)19-17(20)27/h3-4,6,8,10-16,23-26H,5H2,1-2H3,(H,18,21)(H,28,29)(H,30,31)(H,19,22,27)/p-2/t6-,8+,10-,11-,12+,13-,14+,15+,16+/m0/s1. The molecule has 2 unspecified atom stereocenters. The molecule has 0 saturated carbocycles. The molecule has 1 aromatic heterocycles. The molecule has 2 aliphatic rings. The van der Waals surface area contributed by atoms with Gasteiger partial charge in [0.2, 0.25) is 5.91 Å². The zero-order valence-electron chi connectivity index (χ0n) is 19.6. The monoisotopic (exact) mass is 589 g/mol. The highest BCUT2D eigenvalue weighted by Gasteiger charge is 2.47. The fourth-order valence-electron chi connectivity index (χ4n) is 3.69. The van der Waals surface area contributed by atoms with Crippen LogP contribution in [0.25, 0.3) is 0 Å². The minimum atomic E-state index is -5.85. The Morgan fingerprint density at radius 1 is 1.11 bits per heavy atom. The van der Waals surface area contributed by atoms with Crippen molar-refractivity contribution in [1.82, 2.24) is 14.9 Å². The van der Waals surface area contributed by atoms with Crippen molar-refractivity contribution in [1.29, 1.82) is 0 Å². The lowest BCUT2D eigenvalue weighted by atomic mass is 9.98. The zero-order valence-corrected chi connectivity index (χ0v) is 21.4. The van der Waals surface area contributed by atoms with Crippen LogP contribution in [0.1, 0.15) is 20.1 Å². The van der Waals surface area contributed by atoms with Gasteiger partial charge in [0.1, 0.15) is 36.6 Å². The number of rotatable bonds is 9. The number of aliphatic hydroxyl groups is 4. The van der Waals surface area contributed by atoms with Crippen LogP contribution in [0, 0.1) is 0 Å². The molecular formula is C17H25N3O16P2-2. The molecule has 19 nitrogen and oxygen atoms in total. The number of amides is 1. The Balaban J connectivity index is 1.64. The van der Waals surface area contributed by atoms with Crippen molar-refractivity contribution in [3.05, 3.63) is 33.1 Å². The van der Waals surface area contributed by atoms with Gasteiger partial charge in [-0.3, -0.25) is 32.8 Å². The molecule has 0 radical (unpaired) electrons. The Morgan fingerprint density at radius 3 is 2.37 bits per heavy atom. The Bertz CT molecular complexity index is 1220. The minimum absolute atomic E-state index is 0.713. The Hall–Kier alpha value is -1.83. The lowest BCUT2D eigenvalue weighted by molar-refractivity contribution is -0.280. The summed E-state index contributed by atoms with van der Waals surface area (Å²) in [6.45, 7) is 1.15. The van der Waals surface area contributed by atoms with E-state index >= 15 is 0 Å². The molecule has 0 spiro atoms. The van der Waals surface area contributed by atoms with Gasteiger partial charge in [-0.25, -0.2) is 9.11 Å². The molecule has 1 aromatic rings. The second-order valence-electron chi connectivity index (χ2n) is 8.36. The number of aromatic amines is 1. The summed E-state index contributed by atoms with van der Waals surface area (Å²) in [5, 5.41) is 42.5. The average molecular weight is 589 g/mol. The van der Waals surface area contributed by atoms with Crippen LogP contribution in [0.3, 0.4) is 0 Å². The Morgan fingerprint density at radius 2 is 1.76 bits per heavy atom. The van der Waals surface area contributed by atoms with Crippen LogP contribution in [0.4, 0.5) is 0 Å². The molecule has 1 amide bonds. The van der Waals surface area contributed by atoms with Crippen molar-refractivity contribution in [3.8, 4) is 0 Å². The van der Waals surface area contributed by atoms with E-state index in [1.54, 1.807) is 0 Å². The molecule has 11 atom stereocenters. The number of phosphoric ester groups is 2. The number of hydrogen-bond acceptors (Lipinski definition) is 16. The van der Waals surface area contributed by atoms with Crippen LogP contribution in [0.5, 0.6) is 0 Å². The number of carbonyl (C=O) groups is 1. The van der Waals surface area contributed by atoms with Gasteiger partial charge in [-0.1, -0.05) is 0 Å². The maximum atomic E-state index is 12.3. The SMILES string of the molecule is CC(=O)N[C@@H]1[C@@H](OP(=O)([O-])OP(=O)([O-])OC[C@H]2O[C@@H](n3ccc(=O)[nH]c3=O)[C@H](O)[C@@H]2O)O[C@@H](C)[C@H](O)[C@H]1O. The number of carbonyl (C=O) groups excluding carboxylic acids is 1. The zero-order chi connectivity index (χ0) is 28.6. The molecule has 2 fully saturated rings. The fourth-order valence-corrected chi connectivity index (χ4v) is 5.78. The van der Waals surface area contributed by atoms with Crippen molar-refractivity contribution < 1.29 is 67.0 Å². The van der Waals surface area contributed by atoms with E-state index in [0.717, 1.165) is 19.2 Å². The van der Waals surface area contributed by atoms with Gasteiger partial charge in [-0.2, -0.15) is 0 Å². The summed E-state index contributed by atoms with van der Waals surface area (Å²) >= 11 is 0. The third-order valence-electron chi connectivity index (χ3n) is 5.50. The molecule has 6 N–H and O–H groups in total. The van der Waals surface area contributed by atoms with E-state index in [0.29, 0.717) is 4.57 Å². The van der Waals surface area contributed by atoms with Gasteiger partial charge in [0.25, 0.3) is 21.2 Å². The summed E-state index contributed by atoms with van der Waals surface area (Å²) in [4.78, 5) is 60.8. The summed E-state index contributed by atoms with van der Waals surface area (Å²) < 4.78 is 48.4. The number of ether oxygens (including phenoxy) is 2. The molecule has 38 heavy (non-hydrogen) atoms. The lowest BCUT2D eigenvalue weighted by Gasteiger charge is -2.43. The second kappa shape index (κ2) is 11.7. The second-order valence-corrected chi connectivity index (χ2v) is 11.3. The molecule has 21 heteroatoms. The third-order valence-corrected chi connectivity index (χ3v) is 8.03. The minimum Gasteiger partial charge on any atom is -0.756 e. The average Bonchev–Trinajstić information content (AvgIpc) is 3.06. The third kappa shape index (κ3) is 7.22. The maximum absolute atomic E-state index is 12.3. The summed E-state index contributed by atoms with van der Waals surface area (Å²) in [6.07, 6.45) is -12.4. The lowest BCUT2D eigenvalue weighted by Crippen LogP contribution is -2.63. The van der Waals surface area contributed by atoms with Gasteiger partial charge < -0.3 is 49.5 Å². The van der Waals surface area contributed by atoms with Crippen LogP contribution in [-0.2, 0) is 36.8 Å². The smallest absolute Gasteiger partial charge is 0.330 e. The largest absolute Gasteiger partial charge is 0.756 e. The van der Waals surface area contributed by atoms with E-state index in [4.69, 9.17) is 9.47 Å². The highest BCUT2D eigenvalue weighted by atomic mass is 31.3. The van der Waals surface area contributed by atoms with Gasteiger partial charge in [-0.05, 0) is 6.92 Å². The first-order chi connectivity index (χ1) is 17.5. The molecule has 2 aliphatic heterocycles. The number of nitrogens with zero attached hydrogens (tertiary/aromatic N) is 1. The molecule has 3 rings (SSSR count). The number of phosphoric acid groups is 2. The summed E-state index contributed by atoms with van der Waals surface area (Å²) in [5.41, 5.74) is -1.76. The summed E-state index contributed by atoms with van der Waals surface area (Å²) in [5.74, 6) is -0.771. The Kier molecular flexibility index (Phi) is 9.48. The summed E-state index contributed by atoms with van der Waals surface area (Å²) in [7, 11) is -11.6. The van der Waals surface area contributed by atoms with Crippen LogP contribution in [0.2, 0.25) is 0 Å². The predicted molar refractivity (Wildman–Crippen MR) is 115 cm³/mol. The van der Waals surface area contributed by atoms with Crippen molar-refractivity contribution in [2.24, 2.45) is 0 Å². The van der Waals surface area contributed by atoms with Gasteiger partial charge in [0.15, 0.2) is 12.5 Å². The van der Waals surface area contributed by atoms with E-state index in [2.05, 4.69) is 18.7 Å². The first-order valence-electron chi connectivity index (χ1n) is 10.8.